The van der Waals surface area contributed by atoms with Gasteiger partial charge >= 0.3 is 0 Å². The van der Waals surface area contributed by atoms with Crippen molar-refractivity contribution in [1.29, 1.82) is 0 Å². The van der Waals surface area contributed by atoms with Gasteiger partial charge in [0.25, 0.3) is 5.91 Å². The molecule has 2 aromatic carbocycles. The molecule has 0 bridgehead atoms. The lowest BCUT2D eigenvalue weighted by Crippen LogP contribution is -2.25. The molecule has 0 aliphatic heterocycles. The number of hydrogen-bond donors (Lipinski definition) is 1. The minimum atomic E-state index is -0.0745. The molecule has 23 heavy (non-hydrogen) atoms. The number of carbonyl (C=O) groups is 1. The highest BCUT2D eigenvalue weighted by Crippen LogP contribution is 2.17. The van der Waals surface area contributed by atoms with E-state index in [-0.39, 0.29) is 5.91 Å². The van der Waals surface area contributed by atoms with E-state index in [2.05, 4.69) is 35.4 Å². The van der Waals surface area contributed by atoms with Crippen molar-refractivity contribution in [2.75, 3.05) is 6.54 Å². The second-order valence-corrected chi connectivity index (χ2v) is 5.92. The fraction of sp³-hybridized carbons (Fsp3) is 0.158. The Morgan fingerprint density at radius 3 is 2.83 bits per heavy atom. The summed E-state index contributed by atoms with van der Waals surface area (Å²) in [5, 5.41) is 4.31. The Morgan fingerprint density at radius 1 is 1.13 bits per heavy atom. The van der Waals surface area contributed by atoms with Gasteiger partial charge in [-0.3, -0.25) is 4.79 Å². The van der Waals surface area contributed by atoms with Crippen LogP contribution in [0.1, 0.15) is 21.5 Å². The number of amides is 1. The first kappa shape index (κ1) is 15.5. The minimum Gasteiger partial charge on any atom is -0.352 e. The van der Waals surface area contributed by atoms with E-state index in [0.717, 1.165) is 17.3 Å². The van der Waals surface area contributed by atoms with Crippen molar-refractivity contribution in [2.24, 2.45) is 0 Å². The molecular formula is C19H17ClN2O. The highest BCUT2D eigenvalue weighted by atomic mass is 35.5. The molecule has 3 nitrogen and oxygen atoms in total. The van der Waals surface area contributed by atoms with Crippen LogP contribution in [0.25, 0.3) is 10.9 Å². The molecule has 0 unspecified atom stereocenters. The summed E-state index contributed by atoms with van der Waals surface area (Å²) in [6.45, 7) is 2.68. The number of carbonyl (C=O) groups excluding carboxylic acids is 1. The van der Waals surface area contributed by atoms with Gasteiger partial charge < -0.3 is 5.32 Å². The Morgan fingerprint density at radius 2 is 2.00 bits per heavy atom. The van der Waals surface area contributed by atoms with Crippen molar-refractivity contribution in [3.8, 4) is 0 Å². The van der Waals surface area contributed by atoms with Gasteiger partial charge in [-0.1, -0.05) is 41.4 Å². The van der Waals surface area contributed by atoms with Gasteiger partial charge in [0.05, 0.1) is 5.52 Å². The Hall–Kier alpha value is -2.39. The number of aryl methyl sites for hydroxylation is 1. The molecule has 3 aromatic rings. The third-order valence-electron chi connectivity index (χ3n) is 3.70. The third kappa shape index (κ3) is 3.88. The van der Waals surface area contributed by atoms with Crippen LogP contribution in [0, 0.1) is 6.92 Å². The highest BCUT2D eigenvalue weighted by Gasteiger charge is 2.07. The lowest BCUT2D eigenvalue weighted by Gasteiger charge is -2.07. The molecule has 1 heterocycles. The molecular weight excluding hydrogens is 308 g/mol. The normalized spacial score (nSPS) is 10.7. The van der Waals surface area contributed by atoms with Crippen molar-refractivity contribution in [1.82, 2.24) is 10.3 Å². The molecule has 0 fully saturated rings. The van der Waals surface area contributed by atoms with E-state index in [4.69, 9.17) is 11.6 Å². The fourth-order valence-electron chi connectivity index (χ4n) is 2.53. The lowest BCUT2D eigenvalue weighted by atomic mass is 10.1. The summed E-state index contributed by atoms with van der Waals surface area (Å²) in [6.07, 6.45) is 0.818. The van der Waals surface area contributed by atoms with Crippen molar-refractivity contribution in [3.63, 3.8) is 0 Å². The molecule has 0 aliphatic rings. The number of benzene rings is 2. The number of hydrogen-bond acceptors (Lipinski definition) is 2. The predicted octanol–water partition coefficient (Wildman–Crippen LogP) is 4.17. The molecule has 0 radical (unpaired) electrons. The second-order valence-electron chi connectivity index (χ2n) is 5.54. The molecule has 1 aromatic heterocycles. The van der Waals surface area contributed by atoms with Gasteiger partial charge in [-0.05, 0) is 49.2 Å². The molecule has 0 saturated carbocycles. The summed E-state index contributed by atoms with van der Waals surface area (Å²) >= 11 is 5.87. The summed E-state index contributed by atoms with van der Waals surface area (Å²) < 4.78 is 0. The van der Waals surface area contributed by atoms with Crippen LogP contribution in [-0.2, 0) is 6.42 Å². The van der Waals surface area contributed by atoms with Crippen LogP contribution in [0.5, 0.6) is 0 Å². The Labute approximate surface area is 140 Å². The van der Waals surface area contributed by atoms with Crippen LogP contribution >= 0.6 is 11.6 Å². The number of fused-ring (bicyclic) bond motifs is 1. The minimum absolute atomic E-state index is 0.0745. The van der Waals surface area contributed by atoms with E-state index < -0.39 is 0 Å². The molecule has 1 amide bonds. The van der Waals surface area contributed by atoms with Crippen molar-refractivity contribution in [2.45, 2.75) is 13.3 Å². The zero-order valence-corrected chi connectivity index (χ0v) is 13.6. The Kier molecular flexibility index (Phi) is 4.58. The number of nitrogens with one attached hydrogen (secondary N) is 1. The molecule has 3 rings (SSSR count). The number of nitrogens with zero attached hydrogens (tertiary/aromatic N) is 1. The number of pyridine rings is 1. The van der Waals surface area contributed by atoms with Crippen molar-refractivity contribution >= 4 is 28.4 Å². The van der Waals surface area contributed by atoms with Crippen LogP contribution in [0.2, 0.25) is 5.15 Å². The zero-order valence-electron chi connectivity index (χ0n) is 12.8. The topological polar surface area (TPSA) is 42.0 Å². The van der Waals surface area contributed by atoms with E-state index >= 15 is 0 Å². The molecule has 0 saturated heterocycles. The average Bonchev–Trinajstić information content (AvgIpc) is 2.54. The van der Waals surface area contributed by atoms with Crippen LogP contribution < -0.4 is 5.32 Å². The fourth-order valence-corrected chi connectivity index (χ4v) is 2.69. The SMILES string of the molecule is Cc1cccc(CCNC(=O)c2ccc3nc(Cl)ccc3c2)c1. The van der Waals surface area contributed by atoms with Gasteiger partial charge in [0, 0.05) is 17.5 Å². The van der Waals surface area contributed by atoms with Gasteiger partial charge in [0.1, 0.15) is 5.15 Å². The monoisotopic (exact) mass is 324 g/mol. The van der Waals surface area contributed by atoms with Crippen molar-refractivity contribution in [3.05, 3.63) is 76.4 Å². The zero-order chi connectivity index (χ0) is 16.2. The molecule has 0 spiro atoms. The summed E-state index contributed by atoms with van der Waals surface area (Å²) in [6, 6.07) is 17.3. The van der Waals surface area contributed by atoms with Gasteiger partial charge in [-0.2, -0.15) is 0 Å². The molecule has 0 aliphatic carbocycles. The smallest absolute Gasteiger partial charge is 0.251 e. The second kappa shape index (κ2) is 6.80. The van der Waals surface area contributed by atoms with Gasteiger partial charge in [-0.25, -0.2) is 4.98 Å². The Bertz CT molecular complexity index is 861. The van der Waals surface area contributed by atoms with Crippen LogP contribution in [0.3, 0.4) is 0 Å². The van der Waals surface area contributed by atoms with E-state index in [1.807, 2.05) is 24.3 Å². The maximum Gasteiger partial charge on any atom is 0.251 e. The summed E-state index contributed by atoms with van der Waals surface area (Å²) in [4.78, 5) is 16.5. The van der Waals surface area contributed by atoms with E-state index in [9.17, 15) is 4.79 Å². The number of rotatable bonds is 4. The number of aromatic nitrogens is 1. The average molecular weight is 325 g/mol. The summed E-state index contributed by atoms with van der Waals surface area (Å²) in [5.74, 6) is -0.0745. The van der Waals surface area contributed by atoms with Crippen LogP contribution in [-0.4, -0.2) is 17.4 Å². The first-order valence-corrected chi connectivity index (χ1v) is 7.90. The van der Waals surface area contributed by atoms with Crippen LogP contribution in [0.4, 0.5) is 0 Å². The quantitative estimate of drug-likeness (QED) is 0.732. The maximum absolute atomic E-state index is 12.3. The van der Waals surface area contributed by atoms with Gasteiger partial charge in [0.15, 0.2) is 0 Å². The van der Waals surface area contributed by atoms with E-state index in [1.165, 1.54) is 11.1 Å². The standard InChI is InChI=1S/C19H17ClN2O/c1-13-3-2-4-14(11-13)9-10-21-19(23)16-5-7-17-15(12-16)6-8-18(20)22-17/h2-8,11-12H,9-10H2,1H3,(H,21,23). The third-order valence-corrected chi connectivity index (χ3v) is 3.91. The van der Waals surface area contributed by atoms with Gasteiger partial charge in [-0.15, -0.1) is 0 Å². The maximum atomic E-state index is 12.3. The molecule has 116 valence electrons. The molecule has 0 atom stereocenters. The highest BCUT2D eigenvalue weighted by molar-refractivity contribution is 6.29. The first-order chi connectivity index (χ1) is 11.1. The summed E-state index contributed by atoms with van der Waals surface area (Å²) in [7, 11) is 0. The first-order valence-electron chi connectivity index (χ1n) is 7.52. The summed E-state index contributed by atoms with van der Waals surface area (Å²) in [5.41, 5.74) is 3.87. The van der Waals surface area contributed by atoms with Crippen LogP contribution in [0.15, 0.2) is 54.6 Å². The Balaban J connectivity index is 1.65. The van der Waals surface area contributed by atoms with E-state index in [0.29, 0.717) is 17.3 Å². The van der Waals surface area contributed by atoms with E-state index in [1.54, 1.807) is 12.1 Å². The lowest BCUT2D eigenvalue weighted by molar-refractivity contribution is 0.0954. The van der Waals surface area contributed by atoms with Gasteiger partial charge in [0.2, 0.25) is 0 Å². The molecule has 4 heteroatoms. The predicted molar refractivity (Wildman–Crippen MR) is 94.0 cm³/mol. The largest absolute Gasteiger partial charge is 0.352 e. The van der Waals surface area contributed by atoms with Crippen molar-refractivity contribution < 1.29 is 4.79 Å². The number of halogens is 1. The molecule has 1 N–H and O–H groups in total.